The molecule has 2 aromatic rings. The number of halogens is 1. The molecule has 0 fully saturated rings. The summed E-state index contributed by atoms with van der Waals surface area (Å²) < 4.78 is 11.1. The Morgan fingerprint density at radius 3 is 2.86 bits per heavy atom. The van der Waals surface area contributed by atoms with Gasteiger partial charge in [0.1, 0.15) is 5.03 Å². The zero-order valence-corrected chi connectivity index (χ0v) is 8.97. The van der Waals surface area contributed by atoms with Crippen molar-refractivity contribution < 1.29 is 4.21 Å². The Morgan fingerprint density at radius 2 is 2.14 bits per heavy atom. The third kappa shape index (κ3) is 1.76. The van der Waals surface area contributed by atoms with Gasteiger partial charge in [0.25, 0.3) is 0 Å². The number of hydrogen-bond acceptors (Lipinski definition) is 3. The van der Waals surface area contributed by atoms with Crippen LogP contribution in [0.3, 0.4) is 0 Å². The molecule has 1 heterocycles. The van der Waals surface area contributed by atoms with E-state index in [2.05, 4.69) is 9.97 Å². The molecule has 1 aromatic carbocycles. The fraction of sp³-hybridized carbons (Fsp3) is 0.111. The Labute approximate surface area is 88.6 Å². The number of aromatic nitrogens is 2. The molecule has 0 saturated heterocycles. The van der Waals surface area contributed by atoms with Crippen molar-refractivity contribution in [3.8, 4) is 0 Å². The molecule has 1 unspecified atom stereocenters. The van der Waals surface area contributed by atoms with Gasteiger partial charge in [-0.1, -0.05) is 11.6 Å². The monoisotopic (exact) mass is 226 g/mol. The summed E-state index contributed by atoms with van der Waals surface area (Å²) in [4.78, 5) is 8.32. The molecule has 5 heteroatoms. The van der Waals surface area contributed by atoms with Gasteiger partial charge in [0.2, 0.25) is 0 Å². The quantitative estimate of drug-likeness (QED) is 0.747. The van der Waals surface area contributed by atoms with Crippen LogP contribution in [0, 0.1) is 0 Å². The highest BCUT2D eigenvalue weighted by atomic mass is 35.5. The number of rotatable bonds is 1. The molecule has 0 saturated carbocycles. The van der Waals surface area contributed by atoms with Gasteiger partial charge in [0.05, 0.1) is 28.0 Å². The summed E-state index contributed by atoms with van der Waals surface area (Å²) >= 11 is 5.79. The molecule has 0 aliphatic heterocycles. The van der Waals surface area contributed by atoms with Gasteiger partial charge >= 0.3 is 0 Å². The van der Waals surface area contributed by atoms with Crippen molar-refractivity contribution in [2.75, 3.05) is 6.26 Å². The Morgan fingerprint density at radius 1 is 1.36 bits per heavy atom. The predicted molar refractivity (Wildman–Crippen MR) is 56.9 cm³/mol. The second-order valence-corrected chi connectivity index (χ2v) is 4.56. The molecule has 1 aromatic heterocycles. The zero-order chi connectivity index (χ0) is 10.1. The highest BCUT2D eigenvalue weighted by Gasteiger charge is 2.02. The Kier molecular flexibility index (Phi) is 2.48. The van der Waals surface area contributed by atoms with Gasteiger partial charge in [-0.05, 0) is 18.2 Å². The van der Waals surface area contributed by atoms with E-state index in [1.807, 2.05) is 0 Å². The first kappa shape index (κ1) is 9.55. The molecule has 0 N–H and O–H groups in total. The molecule has 14 heavy (non-hydrogen) atoms. The average Bonchev–Trinajstić information content (AvgIpc) is 2.16. The van der Waals surface area contributed by atoms with Crippen LogP contribution >= 0.6 is 11.6 Å². The number of benzene rings is 1. The van der Waals surface area contributed by atoms with Crippen molar-refractivity contribution in [3.05, 3.63) is 29.4 Å². The van der Waals surface area contributed by atoms with E-state index in [9.17, 15) is 4.21 Å². The summed E-state index contributed by atoms with van der Waals surface area (Å²) in [6.07, 6.45) is 3.08. The molecular formula is C9H7ClN2OS. The van der Waals surface area contributed by atoms with Gasteiger partial charge < -0.3 is 0 Å². The van der Waals surface area contributed by atoms with Gasteiger partial charge in [-0.15, -0.1) is 0 Å². The van der Waals surface area contributed by atoms with Crippen molar-refractivity contribution in [1.82, 2.24) is 9.97 Å². The van der Waals surface area contributed by atoms with Crippen LogP contribution in [-0.2, 0) is 10.8 Å². The Balaban J connectivity index is 2.67. The van der Waals surface area contributed by atoms with E-state index in [-0.39, 0.29) is 0 Å². The van der Waals surface area contributed by atoms with Crippen LogP contribution in [0.25, 0.3) is 11.0 Å². The lowest BCUT2D eigenvalue weighted by atomic mass is 10.3. The molecular weight excluding hydrogens is 220 g/mol. The molecule has 1 atom stereocenters. The van der Waals surface area contributed by atoms with Gasteiger partial charge in [-0.3, -0.25) is 9.19 Å². The normalized spacial score (nSPS) is 13.0. The van der Waals surface area contributed by atoms with Gasteiger partial charge in [-0.25, -0.2) is 4.98 Å². The molecule has 0 bridgehead atoms. The smallest absolute Gasteiger partial charge is 0.145 e. The minimum absolute atomic E-state index is 0.486. The molecule has 0 amide bonds. The van der Waals surface area contributed by atoms with Crippen molar-refractivity contribution in [2.24, 2.45) is 0 Å². The molecule has 0 radical (unpaired) electrons. The minimum Gasteiger partial charge on any atom is -0.253 e. The molecule has 72 valence electrons. The van der Waals surface area contributed by atoms with E-state index in [0.717, 1.165) is 0 Å². The van der Waals surface area contributed by atoms with E-state index >= 15 is 0 Å². The average molecular weight is 227 g/mol. The van der Waals surface area contributed by atoms with Gasteiger partial charge in [0.15, 0.2) is 0 Å². The summed E-state index contributed by atoms with van der Waals surface area (Å²) in [6, 6.07) is 5.23. The lowest BCUT2D eigenvalue weighted by molar-refractivity contribution is 0.684. The highest BCUT2D eigenvalue weighted by Crippen LogP contribution is 2.16. The first-order valence-corrected chi connectivity index (χ1v) is 5.86. The van der Waals surface area contributed by atoms with Gasteiger partial charge in [0, 0.05) is 11.3 Å². The lowest BCUT2D eigenvalue weighted by Gasteiger charge is -1.99. The van der Waals surface area contributed by atoms with Crippen LogP contribution in [0.2, 0.25) is 5.02 Å². The standard InChI is InChI=1S/C9H7ClN2OS/c1-14(13)9-5-11-8-4-6(10)2-3-7(8)12-9/h2-5H,1H3. The maximum absolute atomic E-state index is 11.1. The van der Waals surface area contributed by atoms with E-state index in [4.69, 9.17) is 11.6 Å². The van der Waals surface area contributed by atoms with E-state index < -0.39 is 10.8 Å². The number of hydrogen-bond donors (Lipinski definition) is 0. The maximum atomic E-state index is 11.1. The number of fused-ring (bicyclic) bond motifs is 1. The largest absolute Gasteiger partial charge is 0.253 e. The molecule has 0 aliphatic carbocycles. The zero-order valence-electron chi connectivity index (χ0n) is 7.40. The maximum Gasteiger partial charge on any atom is 0.145 e. The van der Waals surface area contributed by atoms with Crippen molar-refractivity contribution in [2.45, 2.75) is 5.03 Å². The van der Waals surface area contributed by atoms with Crippen LogP contribution in [-0.4, -0.2) is 20.4 Å². The second-order valence-electron chi connectivity index (χ2n) is 2.80. The Bertz CT molecular complexity index is 515. The van der Waals surface area contributed by atoms with Crippen molar-refractivity contribution in [3.63, 3.8) is 0 Å². The van der Waals surface area contributed by atoms with Crippen LogP contribution in [0.15, 0.2) is 29.4 Å². The van der Waals surface area contributed by atoms with Crippen LogP contribution < -0.4 is 0 Å². The first-order valence-electron chi connectivity index (χ1n) is 3.92. The van der Waals surface area contributed by atoms with Crippen molar-refractivity contribution in [1.29, 1.82) is 0 Å². The summed E-state index contributed by atoms with van der Waals surface area (Å²) in [5.74, 6) is 0. The third-order valence-electron chi connectivity index (χ3n) is 1.78. The summed E-state index contributed by atoms with van der Waals surface area (Å²) in [5, 5.41) is 1.11. The van der Waals surface area contributed by atoms with E-state index in [0.29, 0.717) is 21.1 Å². The lowest BCUT2D eigenvalue weighted by Crippen LogP contribution is -1.94. The van der Waals surface area contributed by atoms with E-state index in [1.165, 1.54) is 6.20 Å². The second kappa shape index (κ2) is 3.63. The number of nitrogens with zero attached hydrogens (tertiary/aromatic N) is 2. The van der Waals surface area contributed by atoms with Crippen LogP contribution in [0.4, 0.5) is 0 Å². The van der Waals surface area contributed by atoms with Gasteiger partial charge in [-0.2, -0.15) is 0 Å². The Hall–Kier alpha value is -1.00. The van der Waals surface area contributed by atoms with Crippen LogP contribution in [0.5, 0.6) is 0 Å². The summed E-state index contributed by atoms with van der Waals surface area (Å²) in [6.45, 7) is 0. The minimum atomic E-state index is -1.10. The van der Waals surface area contributed by atoms with Crippen LogP contribution in [0.1, 0.15) is 0 Å². The summed E-state index contributed by atoms with van der Waals surface area (Å²) in [5.41, 5.74) is 1.42. The SMILES string of the molecule is CS(=O)c1cnc2cc(Cl)ccc2n1. The molecule has 0 spiro atoms. The fourth-order valence-corrected chi connectivity index (χ4v) is 1.70. The predicted octanol–water partition coefficient (Wildman–Crippen LogP) is 2.02. The topological polar surface area (TPSA) is 42.9 Å². The third-order valence-corrected chi connectivity index (χ3v) is 2.80. The highest BCUT2D eigenvalue weighted by molar-refractivity contribution is 7.84. The fourth-order valence-electron chi connectivity index (χ4n) is 1.11. The summed E-state index contributed by atoms with van der Waals surface area (Å²) in [7, 11) is -1.10. The molecule has 0 aliphatic rings. The van der Waals surface area contributed by atoms with E-state index in [1.54, 1.807) is 24.5 Å². The first-order chi connectivity index (χ1) is 6.66. The molecule has 3 nitrogen and oxygen atoms in total. The van der Waals surface area contributed by atoms with Crippen molar-refractivity contribution >= 4 is 33.4 Å². The molecule has 2 rings (SSSR count).